The van der Waals surface area contributed by atoms with Gasteiger partial charge in [0.2, 0.25) is 0 Å². The number of aliphatic hydroxyl groups is 1. The monoisotopic (exact) mass is 215 g/mol. The lowest BCUT2D eigenvalue weighted by molar-refractivity contribution is -0.175. The van der Waals surface area contributed by atoms with Crippen LogP contribution in [-0.4, -0.2) is 42.7 Å². The molecule has 2 rings (SSSR count). The fourth-order valence-electron chi connectivity index (χ4n) is 2.27. The largest absolute Gasteiger partial charge is 0.394 e. The van der Waals surface area contributed by atoms with Gasteiger partial charge in [-0.15, -0.1) is 0 Å². The molecule has 88 valence electrons. The number of nitrogens with two attached hydrogens (primary N) is 1. The molecule has 0 aromatic rings. The van der Waals surface area contributed by atoms with E-state index >= 15 is 0 Å². The quantitative estimate of drug-likeness (QED) is 0.710. The van der Waals surface area contributed by atoms with Crippen molar-refractivity contribution in [2.24, 2.45) is 11.7 Å². The van der Waals surface area contributed by atoms with Crippen LogP contribution in [0.1, 0.15) is 26.2 Å². The molecular weight excluding hydrogens is 194 g/mol. The van der Waals surface area contributed by atoms with Crippen LogP contribution in [0.25, 0.3) is 0 Å². The predicted octanol–water partition coefficient (Wildman–Crippen LogP) is 0.280. The Kier molecular flexibility index (Phi) is 3.30. The van der Waals surface area contributed by atoms with Crippen molar-refractivity contribution in [1.29, 1.82) is 0 Å². The van der Waals surface area contributed by atoms with Gasteiger partial charge in [0, 0.05) is 5.54 Å². The third kappa shape index (κ3) is 2.50. The Labute approximate surface area is 90.7 Å². The third-order valence-electron chi connectivity index (χ3n) is 3.63. The predicted molar refractivity (Wildman–Crippen MR) is 56.5 cm³/mol. The van der Waals surface area contributed by atoms with Crippen LogP contribution < -0.4 is 5.73 Å². The number of ether oxygens (including phenoxy) is 2. The lowest BCUT2D eigenvalue weighted by Crippen LogP contribution is -2.53. The van der Waals surface area contributed by atoms with Gasteiger partial charge in [-0.1, -0.05) is 6.92 Å². The zero-order valence-electron chi connectivity index (χ0n) is 9.32. The summed E-state index contributed by atoms with van der Waals surface area (Å²) in [7, 11) is 0. The van der Waals surface area contributed by atoms with E-state index in [9.17, 15) is 5.11 Å². The van der Waals surface area contributed by atoms with Crippen LogP contribution >= 0.6 is 0 Å². The third-order valence-corrected chi connectivity index (χ3v) is 3.63. The lowest BCUT2D eigenvalue weighted by Gasteiger charge is -2.42. The normalized spacial score (nSPS) is 42.6. The molecule has 3 unspecified atom stereocenters. The van der Waals surface area contributed by atoms with E-state index in [1.165, 1.54) is 0 Å². The molecule has 1 aliphatic heterocycles. The maximum Gasteiger partial charge on any atom is 0.104 e. The Morgan fingerprint density at radius 3 is 2.80 bits per heavy atom. The maximum absolute atomic E-state index is 9.25. The van der Waals surface area contributed by atoms with Gasteiger partial charge in [-0.25, -0.2) is 0 Å². The van der Waals surface area contributed by atoms with E-state index in [2.05, 4.69) is 6.92 Å². The number of hydrogen-bond acceptors (Lipinski definition) is 4. The summed E-state index contributed by atoms with van der Waals surface area (Å²) in [6.45, 7) is 3.67. The van der Waals surface area contributed by atoms with E-state index in [4.69, 9.17) is 15.2 Å². The second-order valence-corrected chi connectivity index (χ2v) is 5.07. The van der Waals surface area contributed by atoms with Crippen molar-refractivity contribution >= 4 is 0 Å². The van der Waals surface area contributed by atoms with E-state index in [0.29, 0.717) is 19.1 Å². The minimum atomic E-state index is -0.429. The molecule has 15 heavy (non-hydrogen) atoms. The molecule has 1 saturated carbocycles. The van der Waals surface area contributed by atoms with Crippen molar-refractivity contribution < 1.29 is 14.6 Å². The van der Waals surface area contributed by atoms with E-state index in [1.807, 2.05) is 0 Å². The highest BCUT2D eigenvalue weighted by Crippen LogP contribution is 2.33. The first-order valence-corrected chi connectivity index (χ1v) is 5.76. The molecule has 0 bridgehead atoms. The van der Waals surface area contributed by atoms with Gasteiger partial charge in [0.15, 0.2) is 0 Å². The number of rotatable bonds is 3. The molecule has 3 atom stereocenters. The highest BCUT2D eigenvalue weighted by atomic mass is 16.6. The van der Waals surface area contributed by atoms with Crippen molar-refractivity contribution in [3.63, 3.8) is 0 Å². The lowest BCUT2D eigenvalue weighted by atomic mass is 9.76. The molecule has 4 nitrogen and oxygen atoms in total. The van der Waals surface area contributed by atoms with Crippen molar-refractivity contribution in [2.45, 2.75) is 43.9 Å². The maximum atomic E-state index is 9.25. The molecule has 0 aromatic heterocycles. The summed E-state index contributed by atoms with van der Waals surface area (Å²) in [5.74, 6) is 0.536. The average Bonchev–Trinajstić information content (AvgIpc) is 2.17. The average molecular weight is 215 g/mol. The van der Waals surface area contributed by atoms with Crippen LogP contribution in [0.4, 0.5) is 0 Å². The molecule has 3 N–H and O–H groups in total. The Morgan fingerprint density at radius 1 is 1.53 bits per heavy atom. The van der Waals surface area contributed by atoms with Crippen LogP contribution in [-0.2, 0) is 9.47 Å². The van der Waals surface area contributed by atoms with E-state index in [0.717, 1.165) is 19.3 Å². The highest BCUT2D eigenvalue weighted by Gasteiger charge is 2.38. The second kappa shape index (κ2) is 4.37. The van der Waals surface area contributed by atoms with Gasteiger partial charge >= 0.3 is 0 Å². The van der Waals surface area contributed by atoms with Crippen LogP contribution in [0.5, 0.6) is 0 Å². The van der Waals surface area contributed by atoms with Gasteiger partial charge in [-0.3, -0.25) is 0 Å². The van der Waals surface area contributed by atoms with Crippen LogP contribution in [0.15, 0.2) is 0 Å². The number of hydrogen-bond donors (Lipinski definition) is 2. The zero-order valence-corrected chi connectivity index (χ0v) is 9.32. The smallest absolute Gasteiger partial charge is 0.104 e. The summed E-state index contributed by atoms with van der Waals surface area (Å²) in [4.78, 5) is 0. The van der Waals surface area contributed by atoms with Crippen molar-refractivity contribution in [2.75, 3.05) is 19.8 Å². The van der Waals surface area contributed by atoms with E-state index < -0.39 is 5.54 Å². The van der Waals surface area contributed by atoms with Gasteiger partial charge in [0.1, 0.15) is 6.10 Å². The standard InChI is InChI=1S/C11H21NO3/c1-8-2-3-11(12,7-13)4-10(8)15-9-5-14-6-9/h8-10,13H,2-7,12H2,1H3. The van der Waals surface area contributed by atoms with Crippen molar-refractivity contribution in [3.05, 3.63) is 0 Å². The van der Waals surface area contributed by atoms with Crippen LogP contribution in [0.3, 0.4) is 0 Å². The second-order valence-electron chi connectivity index (χ2n) is 5.07. The van der Waals surface area contributed by atoms with Gasteiger partial charge < -0.3 is 20.3 Å². The summed E-state index contributed by atoms with van der Waals surface area (Å²) < 4.78 is 11.0. The summed E-state index contributed by atoms with van der Waals surface area (Å²) in [5, 5.41) is 9.25. The fraction of sp³-hybridized carbons (Fsp3) is 1.00. The Bertz CT molecular complexity index is 220. The molecule has 0 radical (unpaired) electrons. The van der Waals surface area contributed by atoms with E-state index in [1.54, 1.807) is 0 Å². The summed E-state index contributed by atoms with van der Waals surface area (Å²) >= 11 is 0. The van der Waals surface area contributed by atoms with Gasteiger partial charge in [0.05, 0.1) is 25.9 Å². The minimum Gasteiger partial charge on any atom is -0.394 e. The molecular formula is C11H21NO3. The molecule has 1 saturated heterocycles. The van der Waals surface area contributed by atoms with Crippen molar-refractivity contribution in [1.82, 2.24) is 0 Å². The van der Waals surface area contributed by atoms with Crippen LogP contribution in [0, 0.1) is 5.92 Å². The SMILES string of the molecule is CC1CCC(N)(CO)CC1OC1COC1. The molecule has 4 heteroatoms. The Hall–Kier alpha value is -0.160. The van der Waals surface area contributed by atoms with Gasteiger partial charge in [-0.05, 0) is 25.2 Å². The molecule has 0 spiro atoms. The molecule has 0 aromatic carbocycles. The topological polar surface area (TPSA) is 64.7 Å². The molecule has 1 heterocycles. The molecule has 2 aliphatic rings. The number of aliphatic hydroxyl groups excluding tert-OH is 1. The summed E-state index contributed by atoms with van der Waals surface area (Å²) in [5.41, 5.74) is 5.66. The first kappa shape index (κ1) is 11.3. The fourth-order valence-corrected chi connectivity index (χ4v) is 2.27. The van der Waals surface area contributed by atoms with E-state index in [-0.39, 0.29) is 18.8 Å². The Balaban J connectivity index is 1.89. The minimum absolute atomic E-state index is 0.0563. The molecule has 2 fully saturated rings. The molecule has 0 amide bonds. The van der Waals surface area contributed by atoms with Gasteiger partial charge in [-0.2, -0.15) is 0 Å². The van der Waals surface area contributed by atoms with Gasteiger partial charge in [0.25, 0.3) is 0 Å². The summed E-state index contributed by atoms with van der Waals surface area (Å²) in [6.07, 6.45) is 3.13. The molecule has 1 aliphatic carbocycles. The highest BCUT2D eigenvalue weighted by molar-refractivity contribution is 4.93. The first-order valence-electron chi connectivity index (χ1n) is 5.76. The Morgan fingerprint density at radius 2 is 2.27 bits per heavy atom. The van der Waals surface area contributed by atoms with Crippen molar-refractivity contribution in [3.8, 4) is 0 Å². The summed E-state index contributed by atoms with van der Waals surface area (Å²) in [6, 6.07) is 0. The first-order chi connectivity index (χ1) is 7.13. The van der Waals surface area contributed by atoms with Crippen LogP contribution in [0.2, 0.25) is 0 Å². The zero-order chi connectivity index (χ0) is 10.9.